The minimum Gasteiger partial charge on any atom is -0.367 e. The smallest absolute Gasteiger partial charge is 0.328 e. The van der Waals surface area contributed by atoms with Crippen molar-refractivity contribution in [2.75, 3.05) is 57.8 Å². The highest BCUT2D eigenvalue weighted by atomic mass is 16.2. The van der Waals surface area contributed by atoms with E-state index in [0.29, 0.717) is 18.5 Å². The summed E-state index contributed by atoms with van der Waals surface area (Å²) in [5.41, 5.74) is 2.83. The van der Waals surface area contributed by atoms with Gasteiger partial charge in [-0.15, -0.1) is 0 Å². The molecule has 7 nitrogen and oxygen atoms in total. The molecular weight excluding hydrogens is 364 g/mol. The second-order valence-electron chi connectivity index (χ2n) is 8.29. The molecule has 1 N–H and O–H groups in total. The summed E-state index contributed by atoms with van der Waals surface area (Å²) in [5, 5.41) is 2.85. The van der Waals surface area contributed by atoms with Gasteiger partial charge in [0.2, 0.25) is 0 Å². The fraction of sp³-hybridized carbons (Fsp3) is 0.545. The minimum absolute atomic E-state index is 0.193. The van der Waals surface area contributed by atoms with Crippen LogP contribution in [-0.2, 0) is 0 Å². The number of nitrogens with zero attached hydrogens (tertiary/aromatic N) is 5. The molecule has 2 aliphatic heterocycles. The van der Waals surface area contributed by atoms with E-state index in [4.69, 9.17) is 0 Å². The molecule has 0 unspecified atom stereocenters. The number of hydrogen-bond donors (Lipinski definition) is 1. The molecule has 3 heterocycles. The van der Waals surface area contributed by atoms with Gasteiger partial charge in [-0.2, -0.15) is 0 Å². The van der Waals surface area contributed by atoms with E-state index in [9.17, 15) is 4.79 Å². The van der Waals surface area contributed by atoms with Crippen LogP contribution in [0.25, 0.3) is 11.0 Å². The molecule has 29 heavy (non-hydrogen) atoms. The standard InChI is InChI=1S/C22H30N6O/c1-17(2)6-5-9-23-22(29)28-16-24-21-19(7-4-8-20(21)28)27-12-10-26(11-13-27)18-14-25(3)15-18/h4,7-8,16-18H,9-15H2,1-3H3,(H,23,29). The third kappa shape index (κ3) is 4.24. The minimum atomic E-state index is -0.193. The summed E-state index contributed by atoms with van der Waals surface area (Å²) in [6.07, 6.45) is 1.61. The Labute approximate surface area is 172 Å². The van der Waals surface area contributed by atoms with Gasteiger partial charge in [-0.3, -0.25) is 9.47 Å². The molecule has 7 heteroatoms. The number of benzene rings is 1. The number of nitrogens with one attached hydrogen (secondary N) is 1. The summed E-state index contributed by atoms with van der Waals surface area (Å²) in [7, 11) is 2.18. The number of fused-ring (bicyclic) bond motifs is 1. The van der Waals surface area contributed by atoms with Crippen LogP contribution in [0.4, 0.5) is 10.5 Å². The Kier molecular flexibility index (Phi) is 5.74. The molecule has 0 spiro atoms. The molecule has 0 saturated carbocycles. The Morgan fingerprint density at radius 3 is 2.69 bits per heavy atom. The predicted molar refractivity (Wildman–Crippen MR) is 116 cm³/mol. The first-order valence-corrected chi connectivity index (χ1v) is 10.4. The lowest BCUT2D eigenvalue weighted by Crippen LogP contribution is -2.62. The van der Waals surface area contributed by atoms with Gasteiger partial charge in [0.05, 0.1) is 17.7 Å². The molecule has 0 bridgehead atoms. The molecule has 2 aliphatic rings. The third-order valence-corrected chi connectivity index (χ3v) is 5.71. The van der Waals surface area contributed by atoms with Crippen LogP contribution >= 0.6 is 0 Å². The van der Waals surface area contributed by atoms with E-state index >= 15 is 0 Å². The van der Waals surface area contributed by atoms with Gasteiger partial charge < -0.3 is 15.1 Å². The van der Waals surface area contributed by atoms with E-state index in [1.165, 1.54) is 13.1 Å². The summed E-state index contributed by atoms with van der Waals surface area (Å²) in [4.78, 5) is 24.5. The average molecular weight is 395 g/mol. The maximum atomic E-state index is 12.6. The van der Waals surface area contributed by atoms with Gasteiger partial charge >= 0.3 is 6.03 Å². The zero-order chi connectivity index (χ0) is 20.4. The van der Waals surface area contributed by atoms with E-state index < -0.39 is 0 Å². The number of rotatable bonds is 3. The fourth-order valence-electron chi connectivity index (χ4n) is 4.13. The van der Waals surface area contributed by atoms with E-state index in [0.717, 1.165) is 42.9 Å². The van der Waals surface area contributed by atoms with Gasteiger partial charge in [-0.05, 0) is 19.2 Å². The molecule has 154 valence electrons. The first kappa shape index (κ1) is 19.7. The number of para-hydroxylation sites is 1. The van der Waals surface area contributed by atoms with Gasteiger partial charge in [0.1, 0.15) is 11.8 Å². The lowest BCUT2D eigenvalue weighted by Gasteiger charge is -2.47. The number of carbonyl (C=O) groups excluding carboxylic acids is 1. The fourth-order valence-corrected chi connectivity index (χ4v) is 4.13. The van der Waals surface area contributed by atoms with Crippen LogP contribution in [0.3, 0.4) is 0 Å². The Bertz CT molecular complexity index is 926. The first-order chi connectivity index (χ1) is 14.0. The lowest BCUT2D eigenvalue weighted by molar-refractivity contribution is 0.0488. The SMILES string of the molecule is CC(C)C#CCNC(=O)n1cnc2c(N3CCN(C4CN(C)C4)CC3)cccc21. The molecule has 0 atom stereocenters. The Morgan fingerprint density at radius 2 is 2.00 bits per heavy atom. The topological polar surface area (TPSA) is 56.6 Å². The van der Waals surface area contributed by atoms with Crippen molar-refractivity contribution < 1.29 is 4.79 Å². The molecule has 4 rings (SSSR count). The number of amides is 1. The van der Waals surface area contributed by atoms with Gasteiger partial charge in [0.15, 0.2) is 0 Å². The number of likely N-dealkylation sites (tertiary alicyclic amines) is 1. The van der Waals surface area contributed by atoms with Crippen molar-refractivity contribution in [2.24, 2.45) is 5.92 Å². The van der Waals surface area contributed by atoms with Crippen LogP contribution in [0.15, 0.2) is 24.5 Å². The van der Waals surface area contributed by atoms with Gasteiger partial charge in [0, 0.05) is 51.2 Å². The second-order valence-corrected chi connectivity index (χ2v) is 8.29. The van der Waals surface area contributed by atoms with Crippen molar-refractivity contribution in [1.29, 1.82) is 0 Å². The monoisotopic (exact) mass is 394 g/mol. The summed E-state index contributed by atoms with van der Waals surface area (Å²) in [6.45, 7) is 10.9. The molecule has 2 aromatic rings. The Balaban J connectivity index is 1.44. The van der Waals surface area contributed by atoms with Crippen molar-refractivity contribution in [3.63, 3.8) is 0 Å². The average Bonchev–Trinajstić information content (AvgIpc) is 3.13. The number of imidazole rings is 1. The largest absolute Gasteiger partial charge is 0.367 e. The van der Waals surface area contributed by atoms with Crippen LogP contribution < -0.4 is 10.2 Å². The lowest BCUT2D eigenvalue weighted by atomic mass is 10.1. The van der Waals surface area contributed by atoms with E-state index in [-0.39, 0.29) is 6.03 Å². The van der Waals surface area contributed by atoms with Crippen LogP contribution in [-0.4, -0.2) is 84.3 Å². The van der Waals surface area contributed by atoms with Gasteiger partial charge in [-0.25, -0.2) is 9.78 Å². The van der Waals surface area contributed by atoms with Crippen molar-refractivity contribution in [3.8, 4) is 11.8 Å². The summed E-state index contributed by atoms with van der Waals surface area (Å²) >= 11 is 0. The highest BCUT2D eigenvalue weighted by Gasteiger charge is 2.31. The molecular formula is C22H30N6O. The Morgan fingerprint density at radius 1 is 1.24 bits per heavy atom. The maximum Gasteiger partial charge on any atom is 0.328 e. The molecule has 1 aromatic heterocycles. The summed E-state index contributed by atoms with van der Waals surface area (Å²) in [5.74, 6) is 6.34. The van der Waals surface area contributed by atoms with E-state index in [2.05, 4.69) is 50.0 Å². The molecule has 1 amide bonds. The molecule has 0 radical (unpaired) electrons. The highest BCUT2D eigenvalue weighted by molar-refractivity contribution is 5.95. The van der Waals surface area contributed by atoms with Crippen molar-refractivity contribution in [2.45, 2.75) is 19.9 Å². The normalized spacial score (nSPS) is 18.6. The second kappa shape index (κ2) is 8.44. The molecule has 2 saturated heterocycles. The number of anilines is 1. The third-order valence-electron chi connectivity index (χ3n) is 5.71. The zero-order valence-electron chi connectivity index (χ0n) is 17.6. The highest BCUT2D eigenvalue weighted by Crippen LogP contribution is 2.27. The molecule has 1 aromatic carbocycles. The van der Waals surface area contributed by atoms with Crippen LogP contribution in [0.2, 0.25) is 0 Å². The zero-order valence-corrected chi connectivity index (χ0v) is 17.6. The van der Waals surface area contributed by atoms with E-state index in [1.807, 2.05) is 26.0 Å². The van der Waals surface area contributed by atoms with Crippen molar-refractivity contribution in [3.05, 3.63) is 24.5 Å². The summed E-state index contributed by atoms with van der Waals surface area (Å²) < 4.78 is 1.58. The Hall–Kier alpha value is -2.56. The van der Waals surface area contributed by atoms with Gasteiger partial charge in [-0.1, -0.05) is 31.8 Å². The van der Waals surface area contributed by atoms with Crippen molar-refractivity contribution in [1.82, 2.24) is 24.7 Å². The van der Waals surface area contributed by atoms with Gasteiger partial charge in [0.25, 0.3) is 0 Å². The quantitative estimate of drug-likeness (QED) is 0.803. The van der Waals surface area contributed by atoms with E-state index in [1.54, 1.807) is 10.9 Å². The number of carbonyl (C=O) groups is 1. The molecule has 2 fully saturated rings. The number of hydrogen-bond acceptors (Lipinski definition) is 5. The number of piperazine rings is 1. The van der Waals surface area contributed by atoms with Crippen LogP contribution in [0.5, 0.6) is 0 Å². The predicted octanol–water partition coefficient (Wildman–Crippen LogP) is 1.69. The number of likely N-dealkylation sites (N-methyl/N-ethyl adjacent to an activating group) is 1. The van der Waals surface area contributed by atoms with Crippen LogP contribution in [0.1, 0.15) is 13.8 Å². The maximum absolute atomic E-state index is 12.6. The first-order valence-electron chi connectivity index (χ1n) is 10.4. The number of aromatic nitrogens is 2. The summed E-state index contributed by atoms with van der Waals surface area (Å²) in [6, 6.07) is 6.58. The van der Waals surface area contributed by atoms with Crippen molar-refractivity contribution >= 4 is 22.8 Å². The van der Waals surface area contributed by atoms with Crippen LogP contribution in [0, 0.1) is 17.8 Å². The molecule has 0 aliphatic carbocycles.